The predicted molar refractivity (Wildman–Crippen MR) is 123 cm³/mol. The number of rotatable bonds is 5. The Morgan fingerprint density at radius 2 is 1.97 bits per heavy atom. The molecule has 0 bridgehead atoms. The maximum atomic E-state index is 13.4. The van der Waals surface area contributed by atoms with Gasteiger partial charge in [0.15, 0.2) is 10.7 Å². The molecule has 0 unspecified atom stereocenters. The number of likely N-dealkylation sites (N-methyl/N-ethyl adjacent to an activating group) is 1. The van der Waals surface area contributed by atoms with Crippen LogP contribution in [0.3, 0.4) is 0 Å². The monoisotopic (exact) mass is 438 g/mol. The van der Waals surface area contributed by atoms with Gasteiger partial charge in [0.05, 0.1) is 5.69 Å². The first-order valence-electron chi connectivity index (χ1n) is 11.4. The molecule has 0 radical (unpaired) electrons. The molecule has 6 nitrogen and oxygen atoms in total. The first-order valence-corrected chi connectivity index (χ1v) is 12.2. The smallest absolute Gasteiger partial charge is 0.274 e. The molecule has 164 valence electrons. The number of fused-ring (bicyclic) bond motifs is 2. The van der Waals surface area contributed by atoms with E-state index in [0.29, 0.717) is 12.2 Å². The third kappa shape index (κ3) is 4.34. The Balaban J connectivity index is 1.32. The number of carbonyl (C=O) groups is 1. The molecule has 5 rings (SSSR count). The summed E-state index contributed by atoms with van der Waals surface area (Å²) in [5.74, 6) is 1.09. The normalized spacial score (nSPS) is 19.3. The summed E-state index contributed by atoms with van der Waals surface area (Å²) in [5.41, 5.74) is 2.88. The number of hydrogen-bond donors (Lipinski definition) is 0. The summed E-state index contributed by atoms with van der Waals surface area (Å²) in [5, 5.41) is 2.03. The molecule has 0 saturated carbocycles. The molecule has 1 fully saturated rings. The number of benzene rings is 1. The number of aromatic nitrogens is 2. The fourth-order valence-corrected chi connectivity index (χ4v) is 5.51. The quantitative estimate of drug-likeness (QED) is 0.598. The molecule has 2 aliphatic heterocycles. The lowest BCUT2D eigenvalue weighted by Crippen LogP contribution is -2.36. The van der Waals surface area contributed by atoms with Gasteiger partial charge in [0.1, 0.15) is 11.9 Å². The minimum absolute atomic E-state index is 0.0886. The number of ether oxygens (including phenoxy) is 1. The summed E-state index contributed by atoms with van der Waals surface area (Å²) in [7, 11) is 2.10. The van der Waals surface area contributed by atoms with E-state index in [1.807, 2.05) is 28.6 Å². The summed E-state index contributed by atoms with van der Waals surface area (Å²) in [6, 6.07) is 8.27. The average Bonchev–Trinajstić information content (AvgIpc) is 3.42. The van der Waals surface area contributed by atoms with E-state index >= 15 is 0 Å². The van der Waals surface area contributed by atoms with Crippen molar-refractivity contribution in [2.24, 2.45) is 0 Å². The van der Waals surface area contributed by atoms with E-state index in [9.17, 15) is 4.79 Å². The van der Waals surface area contributed by atoms with Gasteiger partial charge < -0.3 is 9.64 Å². The number of thiazole rings is 1. The largest absolute Gasteiger partial charge is 0.488 e. The van der Waals surface area contributed by atoms with Crippen molar-refractivity contribution in [2.75, 3.05) is 26.7 Å². The van der Waals surface area contributed by atoms with Gasteiger partial charge in [0.2, 0.25) is 0 Å². The second-order valence-corrected chi connectivity index (χ2v) is 9.64. The van der Waals surface area contributed by atoms with Gasteiger partial charge in [-0.25, -0.2) is 4.98 Å². The highest BCUT2D eigenvalue weighted by Gasteiger charge is 2.27. The van der Waals surface area contributed by atoms with Crippen molar-refractivity contribution in [1.29, 1.82) is 0 Å². The molecule has 3 aromatic rings. The lowest BCUT2D eigenvalue weighted by atomic mass is 10.1. The van der Waals surface area contributed by atoms with Crippen molar-refractivity contribution in [3.8, 4) is 5.75 Å². The molecule has 0 N–H and O–H groups in total. The number of nitrogens with zero attached hydrogens (tertiary/aromatic N) is 4. The van der Waals surface area contributed by atoms with Gasteiger partial charge in [-0.15, -0.1) is 11.3 Å². The van der Waals surface area contributed by atoms with Crippen LogP contribution >= 0.6 is 11.3 Å². The maximum absolute atomic E-state index is 13.4. The van der Waals surface area contributed by atoms with Gasteiger partial charge in [-0.2, -0.15) is 0 Å². The Morgan fingerprint density at radius 3 is 2.77 bits per heavy atom. The van der Waals surface area contributed by atoms with Gasteiger partial charge in [-0.3, -0.25) is 14.1 Å². The number of likely N-dealkylation sites (tertiary alicyclic amines) is 1. The van der Waals surface area contributed by atoms with Crippen LogP contribution in [-0.4, -0.2) is 57.9 Å². The van der Waals surface area contributed by atoms with Gasteiger partial charge >= 0.3 is 0 Å². The highest BCUT2D eigenvalue weighted by molar-refractivity contribution is 7.15. The topological polar surface area (TPSA) is 50.1 Å². The van der Waals surface area contributed by atoms with Crippen molar-refractivity contribution in [3.05, 3.63) is 52.8 Å². The molecule has 31 heavy (non-hydrogen) atoms. The van der Waals surface area contributed by atoms with Crippen LogP contribution in [0.5, 0.6) is 5.75 Å². The lowest BCUT2D eigenvalue weighted by molar-refractivity contribution is 0.0734. The van der Waals surface area contributed by atoms with E-state index in [1.54, 1.807) is 11.3 Å². The Kier molecular flexibility index (Phi) is 5.96. The minimum Gasteiger partial charge on any atom is -0.488 e. The average molecular weight is 439 g/mol. The number of hydrogen-bond acceptors (Lipinski definition) is 5. The zero-order valence-corrected chi connectivity index (χ0v) is 18.9. The minimum atomic E-state index is 0.0886. The van der Waals surface area contributed by atoms with E-state index in [2.05, 4.69) is 28.5 Å². The van der Waals surface area contributed by atoms with Crippen LogP contribution in [-0.2, 0) is 13.0 Å². The molecule has 2 aliphatic rings. The molecule has 1 saturated heterocycles. The number of imidazole rings is 1. The van der Waals surface area contributed by atoms with E-state index in [4.69, 9.17) is 9.72 Å². The van der Waals surface area contributed by atoms with Crippen LogP contribution in [0.25, 0.3) is 4.96 Å². The van der Waals surface area contributed by atoms with Gasteiger partial charge in [0, 0.05) is 44.2 Å². The summed E-state index contributed by atoms with van der Waals surface area (Å²) in [6.45, 7) is 3.16. The van der Waals surface area contributed by atoms with Crippen LogP contribution in [0.15, 0.2) is 35.8 Å². The van der Waals surface area contributed by atoms with E-state index in [1.165, 1.54) is 24.8 Å². The van der Waals surface area contributed by atoms with E-state index < -0.39 is 0 Å². The Labute approximate surface area is 187 Å². The fraction of sp³-hybridized carbons (Fsp3) is 0.500. The number of para-hydroxylation sites is 1. The van der Waals surface area contributed by atoms with Crippen LogP contribution in [0.2, 0.25) is 0 Å². The summed E-state index contributed by atoms with van der Waals surface area (Å²) < 4.78 is 8.22. The van der Waals surface area contributed by atoms with Crippen molar-refractivity contribution in [1.82, 2.24) is 19.2 Å². The summed E-state index contributed by atoms with van der Waals surface area (Å²) >= 11 is 1.58. The molecular weight excluding hydrogens is 408 g/mol. The van der Waals surface area contributed by atoms with Gasteiger partial charge in [-0.05, 0) is 31.5 Å². The SMILES string of the molecule is CN(Cc1c(C(=O)N2CCCCCCC2)nc2sccn12)C[C@@H]1Cc2ccccc2O1. The number of carbonyl (C=O) groups excluding carboxylic acids is 1. The van der Waals surface area contributed by atoms with Gasteiger partial charge in [-0.1, -0.05) is 37.5 Å². The van der Waals surface area contributed by atoms with Crippen LogP contribution in [0, 0.1) is 0 Å². The zero-order valence-electron chi connectivity index (χ0n) is 18.1. The highest BCUT2D eigenvalue weighted by Crippen LogP contribution is 2.29. The van der Waals surface area contributed by atoms with E-state index in [0.717, 1.165) is 55.3 Å². The molecule has 0 aliphatic carbocycles. The van der Waals surface area contributed by atoms with Crippen LogP contribution < -0.4 is 4.74 Å². The molecular formula is C24H30N4O2S. The molecule has 2 aromatic heterocycles. The molecule has 1 aromatic carbocycles. The Bertz CT molecular complexity index is 1030. The Morgan fingerprint density at radius 1 is 1.19 bits per heavy atom. The zero-order chi connectivity index (χ0) is 21.2. The number of amides is 1. The predicted octanol–water partition coefficient (Wildman–Crippen LogP) is 4.24. The van der Waals surface area contributed by atoms with Gasteiger partial charge in [0.25, 0.3) is 5.91 Å². The molecule has 0 spiro atoms. The molecule has 1 amide bonds. The highest BCUT2D eigenvalue weighted by atomic mass is 32.1. The maximum Gasteiger partial charge on any atom is 0.274 e. The lowest BCUT2D eigenvalue weighted by Gasteiger charge is -2.25. The standard InChI is InChI=1S/C24H30N4O2S/c1-26(16-19-15-18-9-5-6-10-21(18)30-19)17-20-22(25-24-28(20)13-14-31-24)23(29)27-11-7-3-2-4-8-12-27/h5-6,9-10,13-14,19H,2-4,7-8,11-12,15-17H2,1H3/t19-/m0/s1. The van der Waals surface area contributed by atoms with Crippen molar-refractivity contribution in [2.45, 2.75) is 51.2 Å². The molecule has 7 heteroatoms. The third-order valence-corrected chi connectivity index (χ3v) is 7.11. The molecule has 1 atom stereocenters. The first kappa shape index (κ1) is 20.5. The fourth-order valence-electron chi connectivity index (χ4n) is 4.78. The van der Waals surface area contributed by atoms with Crippen molar-refractivity contribution >= 4 is 22.2 Å². The van der Waals surface area contributed by atoms with Crippen molar-refractivity contribution in [3.63, 3.8) is 0 Å². The van der Waals surface area contributed by atoms with E-state index in [-0.39, 0.29) is 12.0 Å². The van der Waals surface area contributed by atoms with Crippen molar-refractivity contribution < 1.29 is 9.53 Å². The second-order valence-electron chi connectivity index (χ2n) is 8.77. The van der Waals surface area contributed by atoms with Crippen LogP contribution in [0.4, 0.5) is 0 Å². The third-order valence-electron chi connectivity index (χ3n) is 6.36. The first-order chi connectivity index (χ1) is 15.2. The summed E-state index contributed by atoms with van der Waals surface area (Å²) in [6.07, 6.45) is 8.98. The summed E-state index contributed by atoms with van der Waals surface area (Å²) in [4.78, 5) is 23.4. The molecule has 4 heterocycles. The Hall–Kier alpha value is -2.38. The second kappa shape index (κ2) is 9.01. The van der Waals surface area contributed by atoms with Crippen LogP contribution in [0.1, 0.15) is 53.8 Å².